The number of nitrogens with zero attached hydrogens (tertiary/aromatic N) is 1. The molecule has 8 nitrogen and oxygen atoms in total. The Morgan fingerprint density at radius 1 is 0.861 bits per heavy atom. The minimum absolute atomic E-state index is 0.111. The number of hydrogen-bond donors (Lipinski definition) is 1. The SMILES string of the molecule is COc1ccc(C(=O)N(Cc2ccc(OC)cc2OC)C(C(=O)O)c2ccccc2OC(F)F)cc1. The highest BCUT2D eigenvalue weighted by atomic mass is 19.3. The van der Waals surface area contributed by atoms with E-state index in [1.165, 1.54) is 57.7 Å². The van der Waals surface area contributed by atoms with E-state index in [9.17, 15) is 23.5 Å². The number of carbonyl (C=O) groups is 2. The van der Waals surface area contributed by atoms with Gasteiger partial charge in [-0.25, -0.2) is 4.79 Å². The molecule has 0 saturated heterocycles. The zero-order valence-corrected chi connectivity index (χ0v) is 19.8. The summed E-state index contributed by atoms with van der Waals surface area (Å²) in [6.07, 6.45) is 0. The minimum atomic E-state index is -3.19. The quantitative estimate of drug-likeness (QED) is 0.404. The average Bonchev–Trinajstić information content (AvgIpc) is 2.88. The molecule has 190 valence electrons. The van der Waals surface area contributed by atoms with Crippen LogP contribution in [0.4, 0.5) is 8.78 Å². The van der Waals surface area contributed by atoms with Crippen molar-refractivity contribution in [3.05, 3.63) is 83.4 Å². The molecule has 0 aliphatic heterocycles. The van der Waals surface area contributed by atoms with Crippen LogP contribution in [0.5, 0.6) is 23.0 Å². The minimum Gasteiger partial charge on any atom is -0.497 e. The number of para-hydroxylation sites is 1. The number of rotatable bonds is 11. The van der Waals surface area contributed by atoms with E-state index in [4.69, 9.17) is 14.2 Å². The molecular formula is C26H25F2NO7. The summed E-state index contributed by atoms with van der Waals surface area (Å²) in [6, 6.07) is 14.7. The van der Waals surface area contributed by atoms with Crippen molar-refractivity contribution in [3.8, 4) is 23.0 Å². The number of amides is 1. The lowest BCUT2D eigenvalue weighted by Crippen LogP contribution is -2.39. The van der Waals surface area contributed by atoms with Crippen LogP contribution in [0.2, 0.25) is 0 Å². The molecule has 1 unspecified atom stereocenters. The summed E-state index contributed by atoms with van der Waals surface area (Å²) in [5, 5.41) is 10.2. The van der Waals surface area contributed by atoms with Gasteiger partial charge < -0.3 is 29.0 Å². The number of carboxylic acid groups (broad SMARTS) is 1. The molecule has 1 atom stereocenters. The Kier molecular flexibility index (Phi) is 8.66. The number of carboxylic acids is 1. The van der Waals surface area contributed by atoms with Gasteiger partial charge in [0.25, 0.3) is 5.91 Å². The topological polar surface area (TPSA) is 94.5 Å². The second-order valence-corrected chi connectivity index (χ2v) is 7.50. The third-order valence-electron chi connectivity index (χ3n) is 5.41. The third kappa shape index (κ3) is 6.01. The fraction of sp³-hybridized carbons (Fsp3) is 0.231. The van der Waals surface area contributed by atoms with Gasteiger partial charge in [-0.1, -0.05) is 18.2 Å². The Morgan fingerprint density at radius 3 is 2.08 bits per heavy atom. The van der Waals surface area contributed by atoms with Gasteiger partial charge in [-0.05, 0) is 42.5 Å². The standard InChI is InChI=1S/C26H25F2NO7/c1-33-18-11-8-16(9-12-18)24(30)29(15-17-10-13-19(34-2)14-22(17)35-3)23(25(31)32)20-6-4-5-7-21(20)36-26(27)28/h4-14,23,26H,15H2,1-3H3,(H,31,32). The highest BCUT2D eigenvalue weighted by molar-refractivity contribution is 5.97. The number of benzene rings is 3. The smallest absolute Gasteiger partial charge is 0.387 e. The van der Waals surface area contributed by atoms with E-state index in [-0.39, 0.29) is 23.4 Å². The summed E-state index contributed by atoms with van der Waals surface area (Å²) in [5.74, 6) is -1.10. The van der Waals surface area contributed by atoms with Crippen molar-refractivity contribution in [3.63, 3.8) is 0 Å². The van der Waals surface area contributed by atoms with Crippen LogP contribution < -0.4 is 18.9 Å². The van der Waals surface area contributed by atoms with Crippen LogP contribution in [-0.4, -0.2) is 49.8 Å². The van der Waals surface area contributed by atoms with Gasteiger partial charge in [0.1, 0.15) is 23.0 Å². The molecule has 3 aromatic carbocycles. The van der Waals surface area contributed by atoms with E-state index in [1.807, 2.05) is 0 Å². The number of halogens is 2. The van der Waals surface area contributed by atoms with E-state index in [0.717, 1.165) is 4.90 Å². The molecule has 1 amide bonds. The Balaban J connectivity index is 2.15. The van der Waals surface area contributed by atoms with Crippen LogP contribution in [0.3, 0.4) is 0 Å². The van der Waals surface area contributed by atoms with E-state index in [0.29, 0.717) is 22.8 Å². The predicted octanol–water partition coefficient (Wildman–Crippen LogP) is 4.78. The Bertz CT molecular complexity index is 1200. The number of methoxy groups -OCH3 is 3. The lowest BCUT2D eigenvalue weighted by atomic mass is 10.0. The molecule has 0 aliphatic rings. The van der Waals surface area contributed by atoms with Crippen molar-refractivity contribution in [2.45, 2.75) is 19.2 Å². The maximum Gasteiger partial charge on any atom is 0.387 e. The second-order valence-electron chi connectivity index (χ2n) is 7.50. The largest absolute Gasteiger partial charge is 0.497 e. The fourth-order valence-corrected chi connectivity index (χ4v) is 3.69. The molecule has 10 heteroatoms. The van der Waals surface area contributed by atoms with E-state index in [2.05, 4.69) is 4.74 Å². The normalized spacial score (nSPS) is 11.5. The maximum atomic E-state index is 13.7. The lowest BCUT2D eigenvalue weighted by molar-refractivity contribution is -0.143. The van der Waals surface area contributed by atoms with E-state index in [1.54, 1.807) is 30.3 Å². The summed E-state index contributed by atoms with van der Waals surface area (Å²) in [7, 11) is 4.38. The highest BCUT2D eigenvalue weighted by Gasteiger charge is 2.35. The second kappa shape index (κ2) is 11.9. The first-order valence-electron chi connectivity index (χ1n) is 10.7. The van der Waals surface area contributed by atoms with E-state index < -0.39 is 24.5 Å². The Hall–Kier alpha value is -4.34. The van der Waals surface area contributed by atoms with E-state index >= 15 is 0 Å². The Morgan fingerprint density at radius 2 is 1.50 bits per heavy atom. The van der Waals surface area contributed by atoms with Gasteiger partial charge in [0.15, 0.2) is 6.04 Å². The van der Waals surface area contributed by atoms with Gasteiger partial charge in [-0.3, -0.25) is 4.79 Å². The lowest BCUT2D eigenvalue weighted by Gasteiger charge is -2.31. The van der Waals surface area contributed by atoms with Gasteiger partial charge in [-0.15, -0.1) is 0 Å². The van der Waals surface area contributed by atoms with Crippen LogP contribution in [0.1, 0.15) is 27.5 Å². The zero-order valence-electron chi connectivity index (χ0n) is 19.8. The van der Waals surface area contributed by atoms with Crippen molar-refractivity contribution in [2.24, 2.45) is 0 Å². The highest BCUT2D eigenvalue weighted by Crippen LogP contribution is 2.35. The maximum absolute atomic E-state index is 13.7. The van der Waals surface area contributed by atoms with Gasteiger partial charge in [0, 0.05) is 22.8 Å². The number of alkyl halides is 2. The van der Waals surface area contributed by atoms with Crippen LogP contribution >= 0.6 is 0 Å². The van der Waals surface area contributed by atoms with Crippen LogP contribution in [-0.2, 0) is 11.3 Å². The van der Waals surface area contributed by atoms with Crippen molar-refractivity contribution < 1.29 is 42.4 Å². The van der Waals surface area contributed by atoms with Crippen LogP contribution in [0.25, 0.3) is 0 Å². The molecular weight excluding hydrogens is 476 g/mol. The van der Waals surface area contributed by atoms with Crippen molar-refractivity contribution >= 4 is 11.9 Å². The molecule has 0 heterocycles. The van der Waals surface area contributed by atoms with Gasteiger partial charge >= 0.3 is 12.6 Å². The number of hydrogen-bond acceptors (Lipinski definition) is 6. The first-order chi connectivity index (χ1) is 17.3. The monoisotopic (exact) mass is 501 g/mol. The number of carbonyl (C=O) groups excluding carboxylic acids is 1. The Labute approximate surface area is 206 Å². The first kappa shape index (κ1) is 26.3. The summed E-state index contributed by atoms with van der Waals surface area (Å²) in [6.45, 7) is -3.41. The summed E-state index contributed by atoms with van der Waals surface area (Å²) in [5.41, 5.74) is 0.528. The molecule has 3 rings (SSSR count). The van der Waals surface area contributed by atoms with Crippen molar-refractivity contribution in [2.75, 3.05) is 21.3 Å². The molecule has 0 saturated carbocycles. The average molecular weight is 501 g/mol. The van der Waals surface area contributed by atoms with Gasteiger partial charge in [-0.2, -0.15) is 8.78 Å². The molecule has 0 aliphatic carbocycles. The van der Waals surface area contributed by atoms with Crippen LogP contribution in [0.15, 0.2) is 66.7 Å². The third-order valence-corrected chi connectivity index (χ3v) is 5.41. The molecule has 36 heavy (non-hydrogen) atoms. The van der Waals surface area contributed by atoms with Crippen molar-refractivity contribution in [1.29, 1.82) is 0 Å². The molecule has 0 spiro atoms. The van der Waals surface area contributed by atoms with Crippen LogP contribution in [0, 0.1) is 0 Å². The summed E-state index contributed by atoms with van der Waals surface area (Å²) >= 11 is 0. The zero-order chi connectivity index (χ0) is 26.2. The molecule has 0 fully saturated rings. The molecule has 0 bridgehead atoms. The first-order valence-corrected chi connectivity index (χ1v) is 10.7. The van der Waals surface area contributed by atoms with Gasteiger partial charge in [0.2, 0.25) is 0 Å². The predicted molar refractivity (Wildman–Crippen MR) is 126 cm³/mol. The summed E-state index contributed by atoms with van der Waals surface area (Å²) in [4.78, 5) is 27.3. The molecule has 1 N–H and O–H groups in total. The molecule has 0 radical (unpaired) electrons. The van der Waals surface area contributed by atoms with Crippen molar-refractivity contribution in [1.82, 2.24) is 4.90 Å². The fourth-order valence-electron chi connectivity index (χ4n) is 3.69. The molecule has 0 aromatic heterocycles. The van der Waals surface area contributed by atoms with Gasteiger partial charge in [0.05, 0.1) is 27.9 Å². The molecule has 3 aromatic rings. The number of aliphatic carboxylic acids is 1. The summed E-state index contributed by atoms with van der Waals surface area (Å²) < 4.78 is 46.5. The number of ether oxygens (including phenoxy) is 4.